The third-order valence-corrected chi connectivity index (χ3v) is 6.66. The minimum atomic E-state index is -0.190. The standard InChI is InChI=1S/C20H29NO/c1-14(21-13-15-5-3-2-4-6-15)19(22)20-10-16-7-17(11-20)9-18(8-16)12-20/h2-6,14,16-19,21-22H,7-13H2,1H3/t14-,16?,17?,18?,19-,20?/m1/s1. The highest BCUT2D eigenvalue weighted by Crippen LogP contribution is 2.61. The molecule has 5 rings (SSSR count). The van der Waals surface area contributed by atoms with Crippen LogP contribution in [0.3, 0.4) is 0 Å². The molecule has 2 N–H and O–H groups in total. The Balaban J connectivity index is 1.41. The molecule has 0 spiro atoms. The molecule has 0 aromatic heterocycles. The van der Waals surface area contributed by atoms with Crippen LogP contribution in [0.15, 0.2) is 30.3 Å². The molecule has 1 aromatic carbocycles. The Hall–Kier alpha value is -0.860. The molecular formula is C20H29NO. The summed E-state index contributed by atoms with van der Waals surface area (Å²) in [6.07, 6.45) is 7.96. The van der Waals surface area contributed by atoms with Gasteiger partial charge in [0.2, 0.25) is 0 Å². The summed E-state index contributed by atoms with van der Waals surface area (Å²) in [4.78, 5) is 0. The van der Waals surface area contributed by atoms with Crippen LogP contribution in [0.1, 0.15) is 51.0 Å². The van der Waals surface area contributed by atoms with Gasteiger partial charge in [-0.25, -0.2) is 0 Å². The summed E-state index contributed by atoms with van der Waals surface area (Å²) in [7, 11) is 0. The van der Waals surface area contributed by atoms with E-state index in [-0.39, 0.29) is 17.6 Å². The van der Waals surface area contributed by atoms with E-state index in [2.05, 4.69) is 42.6 Å². The van der Waals surface area contributed by atoms with Crippen LogP contribution < -0.4 is 5.32 Å². The lowest BCUT2D eigenvalue weighted by atomic mass is 9.47. The van der Waals surface area contributed by atoms with Crippen molar-refractivity contribution in [3.63, 3.8) is 0 Å². The first-order chi connectivity index (χ1) is 10.6. The lowest BCUT2D eigenvalue weighted by molar-refractivity contribution is -0.128. The summed E-state index contributed by atoms with van der Waals surface area (Å²) in [5.41, 5.74) is 1.52. The second-order valence-corrected chi connectivity index (χ2v) is 8.38. The van der Waals surface area contributed by atoms with Gasteiger partial charge < -0.3 is 10.4 Å². The van der Waals surface area contributed by atoms with Gasteiger partial charge in [0.1, 0.15) is 0 Å². The highest BCUT2D eigenvalue weighted by molar-refractivity contribution is 5.14. The Bertz CT molecular complexity index is 476. The van der Waals surface area contributed by atoms with Gasteiger partial charge in [-0.3, -0.25) is 0 Å². The SMILES string of the molecule is C[C@@H](NCc1ccccc1)[C@@H](O)C12CC3CC(CC(C3)C1)C2. The van der Waals surface area contributed by atoms with Crippen LogP contribution in [0.25, 0.3) is 0 Å². The number of hydrogen-bond acceptors (Lipinski definition) is 2. The number of nitrogens with one attached hydrogen (secondary N) is 1. The van der Waals surface area contributed by atoms with Crippen molar-refractivity contribution in [3.8, 4) is 0 Å². The predicted octanol–water partition coefficient (Wildman–Crippen LogP) is 3.74. The Morgan fingerprint density at radius 2 is 1.59 bits per heavy atom. The van der Waals surface area contributed by atoms with Gasteiger partial charge >= 0.3 is 0 Å². The van der Waals surface area contributed by atoms with E-state index >= 15 is 0 Å². The summed E-state index contributed by atoms with van der Waals surface area (Å²) in [6, 6.07) is 10.7. The maximum absolute atomic E-state index is 11.1. The molecule has 4 aliphatic carbocycles. The minimum absolute atomic E-state index is 0.177. The van der Waals surface area contributed by atoms with E-state index in [1.807, 2.05) is 0 Å². The lowest BCUT2D eigenvalue weighted by Gasteiger charge is -2.59. The van der Waals surface area contributed by atoms with E-state index in [9.17, 15) is 5.11 Å². The van der Waals surface area contributed by atoms with Crippen molar-refractivity contribution in [3.05, 3.63) is 35.9 Å². The molecule has 2 nitrogen and oxygen atoms in total. The van der Waals surface area contributed by atoms with Crippen molar-refractivity contribution >= 4 is 0 Å². The Labute approximate surface area is 134 Å². The molecule has 2 atom stereocenters. The van der Waals surface area contributed by atoms with Crippen molar-refractivity contribution in [1.29, 1.82) is 0 Å². The molecule has 1 aromatic rings. The van der Waals surface area contributed by atoms with Crippen LogP contribution in [-0.4, -0.2) is 17.3 Å². The zero-order chi connectivity index (χ0) is 15.2. The van der Waals surface area contributed by atoms with Gasteiger partial charge in [0.05, 0.1) is 6.10 Å². The summed E-state index contributed by atoms with van der Waals surface area (Å²) in [6.45, 7) is 3.03. The third-order valence-electron chi connectivity index (χ3n) is 6.66. The van der Waals surface area contributed by atoms with Gasteiger partial charge in [0.25, 0.3) is 0 Å². The van der Waals surface area contributed by atoms with Gasteiger partial charge in [0, 0.05) is 12.6 Å². The van der Waals surface area contributed by atoms with Crippen molar-refractivity contribution in [2.24, 2.45) is 23.2 Å². The molecule has 22 heavy (non-hydrogen) atoms. The first-order valence-corrected chi connectivity index (χ1v) is 9.10. The first-order valence-electron chi connectivity index (χ1n) is 9.10. The first kappa shape index (κ1) is 14.7. The van der Waals surface area contributed by atoms with Crippen LogP contribution in [-0.2, 0) is 6.54 Å². The molecule has 2 heteroatoms. The maximum Gasteiger partial charge on any atom is 0.0746 e. The van der Waals surface area contributed by atoms with Crippen LogP contribution >= 0.6 is 0 Å². The lowest BCUT2D eigenvalue weighted by Crippen LogP contribution is -2.56. The van der Waals surface area contributed by atoms with Crippen LogP contribution in [0.4, 0.5) is 0 Å². The van der Waals surface area contributed by atoms with E-state index in [4.69, 9.17) is 0 Å². The van der Waals surface area contributed by atoms with Gasteiger partial charge in [-0.2, -0.15) is 0 Å². The molecule has 4 saturated carbocycles. The van der Waals surface area contributed by atoms with E-state index in [0.717, 1.165) is 24.3 Å². The Morgan fingerprint density at radius 1 is 1.05 bits per heavy atom. The van der Waals surface area contributed by atoms with Crippen LogP contribution in [0.5, 0.6) is 0 Å². The van der Waals surface area contributed by atoms with Gasteiger partial charge in [0.15, 0.2) is 0 Å². The summed E-state index contributed by atoms with van der Waals surface area (Å²) in [5, 5.41) is 14.7. The topological polar surface area (TPSA) is 32.3 Å². The Kier molecular flexibility index (Phi) is 3.78. The van der Waals surface area contributed by atoms with Gasteiger partial charge in [-0.1, -0.05) is 30.3 Å². The molecule has 0 heterocycles. The van der Waals surface area contributed by atoms with E-state index in [0.29, 0.717) is 0 Å². The Morgan fingerprint density at radius 3 is 2.14 bits per heavy atom. The van der Waals surface area contributed by atoms with Crippen molar-refractivity contribution in [2.45, 2.75) is 64.1 Å². The van der Waals surface area contributed by atoms with Crippen molar-refractivity contribution in [1.82, 2.24) is 5.32 Å². The average Bonchev–Trinajstić information content (AvgIpc) is 2.51. The van der Waals surface area contributed by atoms with E-state index < -0.39 is 0 Å². The number of benzene rings is 1. The largest absolute Gasteiger partial charge is 0.391 e. The average molecular weight is 299 g/mol. The molecular weight excluding hydrogens is 270 g/mol. The highest BCUT2D eigenvalue weighted by atomic mass is 16.3. The fraction of sp³-hybridized carbons (Fsp3) is 0.700. The minimum Gasteiger partial charge on any atom is -0.391 e. The normalized spacial score (nSPS) is 38.9. The molecule has 4 aliphatic rings. The molecule has 0 unspecified atom stereocenters. The summed E-state index contributed by atoms with van der Waals surface area (Å²) in [5.74, 6) is 2.71. The zero-order valence-electron chi connectivity index (χ0n) is 13.7. The predicted molar refractivity (Wildman–Crippen MR) is 89.4 cm³/mol. The van der Waals surface area contributed by atoms with Crippen LogP contribution in [0, 0.1) is 23.2 Å². The quantitative estimate of drug-likeness (QED) is 0.868. The number of rotatable bonds is 5. The molecule has 0 saturated heterocycles. The van der Waals surface area contributed by atoms with E-state index in [1.54, 1.807) is 0 Å². The van der Waals surface area contributed by atoms with Crippen LogP contribution in [0.2, 0.25) is 0 Å². The molecule has 0 radical (unpaired) electrons. The van der Waals surface area contributed by atoms with Gasteiger partial charge in [-0.05, 0) is 74.2 Å². The molecule has 4 bridgehead atoms. The smallest absolute Gasteiger partial charge is 0.0746 e. The monoisotopic (exact) mass is 299 g/mol. The molecule has 120 valence electrons. The summed E-state index contributed by atoms with van der Waals surface area (Å²) >= 11 is 0. The molecule has 0 amide bonds. The molecule has 0 aliphatic heterocycles. The second kappa shape index (κ2) is 5.65. The number of aliphatic hydroxyl groups excluding tert-OH is 1. The van der Waals surface area contributed by atoms with Crippen molar-refractivity contribution in [2.75, 3.05) is 0 Å². The fourth-order valence-electron chi connectivity index (χ4n) is 6.06. The maximum atomic E-state index is 11.1. The van der Waals surface area contributed by atoms with E-state index in [1.165, 1.54) is 44.1 Å². The van der Waals surface area contributed by atoms with Crippen molar-refractivity contribution < 1.29 is 5.11 Å². The fourth-order valence-corrected chi connectivity index (χ4v) is 6.06. The molecule has 4 fully saturated rings. The second-order valence-electron chi connectivity index (χ2n) is 8.38. The third kappa shape index (κ3) is 2.61. The summed E-state index contributed by atoms with van der Waals surface area (Å²) < 4.78 is 0. The van der Waals surface area contributed by atoms with Gasteiger partial charge in [-0.15, -0.1) is 0 Å². The number of hydrogen-bond donors (Lipinski definition) is 2. The number of aliphatic hydroxyl groups is 1. The highest BCUT2D eigenvalue weighted by Gasteiger charge is 2.54. The zero-order valence-corrected chi connectivity index (χ0v) is 13.7.